The van der Waals surface area contributed by atoms with Gasteiger partial charge in [-0.3, -0.25) is 4.79 Å². The van der Waals surface area contributed by atoms with Crippen LogP contribution >= 0.6 is 0 Å². The van der Waals surface area contributed by atoms with Crippen LogP contribution in [-0.4, -0.2) is 5.78 Å². The van der Waals surface area contributed by atoms with Crippen molar-refractivity contribution in [3.8, 4) is 6.07 Å². The first-order valence-electron chi connectivity index (χ1n) is 4.88. The first kappa shape index (κ1) is 10.2. The molecule has 13 heavy (non-hydrogen) atoms. The number of rotatable bonds is 1. The van der Waals surface area contributed by atoms with Crippen molar-refractivity contribution in [2.45, 2.75) is 46.5 Å². The molecule has 1 aliphatic rings. The van der Waals surface area contributed by atoms with Crippen molar-refractivity contribution in [1.82, 2.24) is 0 Å². The molecule has 1 rings (SSSR count). The maximum Gasteiger partial charge on any atom is 0.158 e. The highest BCUT2D eigenvalue weighted by molar-refractivity contribution is 5.91. The van der Waals surface area contributed by atoms with E-state index in [1.54, 1.807) is 0 Å². The standard InChI is InChI=1S/C11H17NO/c1-10(2,3)9(13)11(8-12)6-4-5-7-11/h4-7H2,1-3H3. The average Bonchev–Trinajstić information content (AvgIpc) is 2.50. The highest BCUT2D eigenvalue weighted by Crippen LogP contribution is 2.42. The SMILES string of the molecule is CC(C)(C)C(=O)C1(C#N)CCCC1. The number of hydrogen-bond acceptors (Lipinski definition) is 2. The van der Waals surface area contributed by atoms with Crippen LogP contribution in [0.4, 0.5) is 0 Å². The molecular weight excluding hydrogens is 162 g/mol. The Morgan fingerprint density at radius 3 is 2.08 bits per heavy atom. The Balaban J connectivity index is 2.92. The molecule has 0 saturated heterocycles. The van der Waals surface area contributed by atoms with Gasteiger partial charge in [0.1, 0.15) is 5.41 Å². The quantitative estimate of drug-likeness (QED) is 0.621. The van der Waals surface area contributed by atoms with Crippen molar-refractivity contribution in [2.75, 3.05) is 0 Å². The lowest BCUT2D eigenvalue weighted by Gasteiger charge is -2.27. The van der Waals surface area contributed by atoms with Crippen LogP contribution in [0.5, 0.6) is 0 Å². The van der Waals surface area contributed by atoms with Gasteiger partial charge in [0.15, 0.2) is 5.78 Å². The van der Waals surface area contributed by atoms with E-state index in [1.807, 2.05) is 20.8 Å². The summed E-state index contributed by atoms with van der Waals surface area (Å²) in [5, 5.41) is 9.08. The van der Waals surface area contributed by atoms with Crippen molar-refractivity contribution in [1.29, 1.82) is 5.26 Å². The molecule has 0 bridgehead atoms. The second-order valence-corrected chi connectivity index (χ2v) is 4.98. The minimum Gasteiger partial charge on any atom is -0.297 e. The molecule has 1 saturated carbocycles. The number of nitriles is 1. The zero-order chi connectivity index (χ0) is 10.1. The predicted octanol–water partition coefficient (Wildman–Crippen LogP) is 2.69. The van der Waals surface area contributed by atoms with E-state index in [0.717, 1.165) is 25.7 Å². The number of carbonyl (C=O) groups excluding carboxylic acids is 1. The van der Waals surface area contributed by atoms with E-state index in [1.165, 1.54) is 0 Å². The summed E-state index contributed by atoms with van der Waals surface area (Å²) in [5.74, 6) is 0.125. The summed E-state index contributed by atoms with van der Waals surface area (Å²) in [6.07, 6.45) is 3.57. The first-order valence-corrected chi connectivity index (χ1v) is 4.88. The van der Waals surface area contributed by atoms with Gasteiger partial charge in [-0.05, 0) is 12.8 Å². The molecule has 0 radical (unpaired) electrons. The van der Waals surface area contributed by atoms with Crippen molar-refractivity contribution in [3.63, 3.8) is 0 Å². The topological polar surface area (TPSA) is 40.9 Å². The van der Waals surface area contributed by atoms with Crippen LogP contribution in [0.2, 0.25) is 0 Å². The molecule has 0 heterocycles. The Morgan fingerprint density at radius 2 is 1.77 bits per heavy atom. The van der Waals surface area contributed by atoms with Crippen molar-refractivity contribution in [2.24, 2.45) is 10.8 Å². The molecule has 0 unspecified atom stereocenters. The van der Waals surface area contributed by atoms with E-state index in [0.29, 0.717) is 0 Å². The smallest absolute Gasteiger partial charge is 0.158 e. The largest absolute Gasteiger partial charge is 0.297 e. The fourth-order valence-electron chi connectivity index (χ4n) is 2.09. The molecule has 0 spiro atoms. The summed E-state index contributed by atoms with van der Waals surface area (Å²) in [6.45, 7) is 5.69. The molecule has 0 aromatic rings. The van der Waals surface area contributed by atoms with Gasteiger partial charge in [-0.1, -0.05) is 33.6 Å². The van der Waals surface area contributed by atoms with Gasteiger partial charge in [0.05, 0.1) is 6.07 Å². The number of ketones is 1. The fraction of sp³-hybridized carbons (Fsp3) is 0.818. The van der Waals surface area contributed by atoms with Crippen LogP contribution in [0, 0.1) is 22.2 Å². The van der Waals surface area contributed by atoms with Gasteiger partial charge >= 0.3 is 0 Å². The van der Waals surface area contributed by atoms with E-state index in [-0.39, 0.29) is 11.2 Å². The lowest BCUT2D eigenvalue weighted by molar-refractivity contribution is -0.133. The zero-order valence-corrected chi connectivity index (χ0v) is 8.68. The van der Waals surface area contributed by atoms with E-state index >= 15 is 0 Å². The van der Waals surface area contributed by atoms with Crippen molar-refractivity contribution in [3.05, 3.63) is 0 Å². The maximum atomic E-state index is 12.0. The molecule has 1 fully saturated rings. The normalized spacial score (nSPS) is 21.1. The molecule has 0 aliphatic heterocycles. The lowest BCUT2D eigenvalue weighted by atomic mass is 9.72. The third kappa shape index (κ3) is 1.75. The summed E-state index contributed by atoms with van der Waals surface area (Å²) in [4.78, 5) is 12.0. The van der Waals surface area contributed by atoms with Crippen molar-refractivity contribution >= 4 is 5.78 Å². The summed E-state index contributed by atoms with van der Waals surface area (Å²) in [5.41, 5.74) is -1.03. The first-order chi connectivity index (χ1) is 5.92. The van der Waals surface area contributed by atoms with Crippen LogP contribution < -0.4 is 0 Å². The summed E-state index contributed by atoms with van der Waals surface area (Å²) in [6, 6.07) is 2.23. The molecule has 0 N–H and O–H groups in total. The number of carbonyl (C=O) groups is 1. The number of nitrogens with zero attached hydrogens (tertiary/aromatic N) is 1. The average molecular weight is 179 g/mol. The molecule has 1 aliphatic carbocycles. The van der Waals surface area contributed by atoms with Crippen LogP contribution in [0.25, 0.3) is 0 Å². The fourth-order valence-corrected chi connectivity index (χ4v) is 2.09. The van der Waals surface area contributed by atoms with E-state index in [2.05, 4.69) is 6.07 Å². The number of Topliss-reactive ketones (excluding diaryl/α,β-unsaturated/α-hetero) is 1. The Bertz CT molecular complexity index is 248. The molecule has 0 aromatic carbocycles. The van der Waals surface area contributed by atoms with E-state index in [4.69, 9.17) is 5.26 Å². The van der Waals surface area contributed by atoms with Crippen LogP contribution in [0.15, 0.2) is 0 Å². The molecule has 2 nitrogen and oxygen atoms in total. The van der Waals surface area contributed by atoms with Gasteiger partial charge in [-0.2, -0.15) is 5.26 Å². The lowest BCUT2D eigenvalue weighted by Crippen LogP contribution is -2.36. The van der Waals surface area contributed by atoms with Gasteiger partial charge in [0.2, 0.25) is 0 Å². The van der Waals surface area contributed by atoms with Crippen molar-refractivity contribution < 1.29 is 4.79 Å². The van der Waals surface area contributed by atoms with Crippen LogP contribution in [0.1, 0.15) is 46.5 Å². The minimum atomic E-state index is -0.655. The number of hydrogen-bond donors (Lipinski definition) is 0. The van der Waals surface area contributed by atoms with Gasteiger partial charge in [0.25, 0.3) is 0 Å². The monoisotopic (exact) mass is 179 g/mol. The van der Waals surface area contributed by atoms with E-state index < -0.39 is 5.41 Å². The highest BCUT2D eigenvalue weighted by atomic mass is 16.1. The molecular formula is C11H17NO. The van der Waals surface area contributed by atoms with Gasteiger partial charge < -0.3 is 0 Å². The third-order valence-electron chi connectivity index (χ3n) is 2.79. The summed E-state index contributed by atoms with van der Waals surface area (Å²) >= 11 is 0. The second-order valence-electron chi connectivity index (χ2n) is 4.98. The van der Waals surface area contributed by atoms with Crippen LogP contribution in [-0.2, 0) is 4.79 Å². The van der Waals surface area contributed by atoms with Crippen LogP contribution in [0.3, 0.4) is 0 Å². The Morgan fingerprint density at radius 1 is 1.31 bits per heavy atom. The predicted molar refractivity (Wildman–Crippen MR) is 51.0 cm³/mol. The Labute approximate surface area is 79.9 Å². The van der Waals surface area contributed by atoms with E-state index in [9.17, 15) is 4.79 Å². The highest BCUT2D eigenvalue weighted by Gasteiger charge is 2.45. The summed E-state index contributed by atoms with van der Waals surface area (Å²) < 4.78 is 0. The Hall–Kier alpha value is -0.840. The second kappa shape index (κ2) is 3.14. The van der Waals surface area contributed by atoms with Gasteiger partial charge in [-0.25, -0.2) is 0 Å². The minimum absolute atomic E-state index is 0.125. The molecule has 72 valence electrons. The molecule has 2 heteroatoms. The summed E-state index contributed by atoms with van der Waals surface area (Å²) in [7, 11) is 0. The molecule has 0 aromatic heterocycles. The zero-order valence-electron chi connectivity index (χ0n) is 8.68. The molecule has 0 atom stereocenters. The molecule has 0 amide bonds. The maximum absolute atomic E-state index is 12.0. The van der Waals surface area contributed by atoms with Gasteiger partial charge in [0, 0.05) is 5.41 Å². The van der Waals surface area contributed by atoms with Gasteiger partial charge in [-0.15, -0.1) is 0 Å². The third-order valence-corrected chi connectivity index (χ3v) is 2.79. The Kier molecular flexibility index (Phi) is 2.47.